The van der Waals surface area contributed by atoms with Gasteiger partial charge in [0, 0.05) is 11.6 Å². The molecule has 0 amide bonds. The summed E-state index contributed by atoms with van der Waals surface area (Å²) in [5.41, 5.74) is 0.654. The van der Waals surface area contributed by atoms with Crippen LogP contribution in [-0.2, 0) is 9.53 Å². The molecule has 0 radical (unpaired) electrons. The number of benzene rings is 1. The number of para-hydroxylation sites is 1. The summed E-state index contributed by atoms with van der Waals surface area (Å²) in [6.45, 7) is 5.64. The zero-order valence-corrected chi connectivity index (χ0v) is 20.8. The van der Waals surface area contributed by atoms with Crippen molar-refractivity contribution >= 4 is 29.3 Å². The third-order valence-corrected chi connectivity index (χ3v) is 6.38. The van der Waals surface area contributed by atoms with E-state index in [0.717, 1.165) is 11.3 Å². The van der Waals surface area contributed by atoms with E-state index in [4.69, 9.17) is 18.6 Å². The molecule has 0 bridgehead atoms. The number of ether oxygens (including phenoxy) is 3. The van der Waals surface area contributed by atoms with Crippen molar-refractivity contribution in [3.63, 3.8) is 0 Å². The number of fused-ring (bicyclic) bond motifs is 1. The molecule has 2 aromatic heterocycles. The van der Waals surface area contributed by atoms with E-state index < -0.39 is 28.4 Å². The number of carbonyl (C=O) groups excluding carboxylic acids is 1. The summed E-state index contributed by atoms with van der Waals surface area (Å²) in [7, 11) is 1.50. The molecule has 3 heterocycles. The van der Waals surface area contributed by atoms with Gasteiger partial charge in [0.2, 0.25) is 0 Å². The molecule has 188 valence electrons. The van der Waals surface area contributed by atoms with Gasteiger partial charge in [0.1, 0.15) is 16.7 Å². The van der Waals surface area contributed by atoms with Crippen LogP contribution in [0.1, 0.15) is 38.1 Å². The maximum Gasteiger partial charge on any atom is 0.433 e. The first kappa shape index (κ1) is 24.9. The first-order valence-electron chi connectivity index (χ1n) is 11.0. The lowest BCUT2D eigenvalue weighted by atomic mass is 9.94. The van der Waals surface area contributed by atoms with Crippen molar-refractivity contribution in [1.82, 2.24) is 4.57 Å². The Morgan fingerprint density at radius 1 is 1.28 bits per heavy atom. The van der Waals surface area contributed by atoms with Crippen molar-refractivity contribution in [2.75, 3.05) is 20.3 Å². The Balaban J connectivity index is 2.00. The highest BCUT2D eigenvalue weighted by molar-refractivity contribution is 7.07. The Labute approximate surface area is 208 Å². The Bertz CT molecular complexity index is 1550. The molecule has 36 heavy (non-hydrogen) atoms. The highest BCUT2D eigenvalue weighted by Crippen LogP contribution is 2.40. The van der Waals surface area contributed by atoms with Crippen molar-refractivity contribution in [3.8, 4) is 11.5 Å². The number of methoxy groups -OCH3 is 1. The summed E-state index contributed by atoms with van der Waals surface area (Å²) in [6, 6.07) is 6.92. The average molecular weight is 514 g/mol. The van der Waals surface area contributed by atoms with Gasteiger partial charge in [-0.05, 0) is 32.9 Å². The molecule has 0 fully saturated rings. The molecule has 1 aliphatic heterocycles. The average Bonchev–Trinajstić information content (AvgIpc) is 3.43. The maximum absolute atomic E-state index is 13.7. The fourth-order valence-electron chi connectivity index (χ4n) is 3.94. The highest BCUT2D eigenvalue weighted by atomic mass is 32.1. The van der Waals surface area contributed by atoms with Crippen LogP contribution in [0.15, 0.2) is 55.8 Å². The molecule has 1 aromatic carbocycles. The van der Waals surface area contributed by atoms with Gasteiger partial charge in [0.25, 0.3) is 5.56 Å². The molecule has 0 spiro atoms. The Morgan fingerprint density at radius 3 is 2.69 bits per heavy atom. The van der Waals surface area contributed by atoms with E-state index in [1.165, 1.54) is 29.9 Å². The zero-order chi connectivity index (χ0) is 26.0. The number of esters is 1. The standard InChI is InChI=1S/C24H23N3O8S/c1-5-33-21-15(8-7-9-16(21)32-4)20-19(23(29)34-6-2)13(3)25-24-26(20)22(28)17(36-24)12-14-10-11-18(35-14)27(30)31/h7-12,20H,5-6H2,1-4H3/t20-/m1/s1. The van der Waals surface area contributed by atoms with E-state index >= 15 is 0 Å². The van der Waals surface area contributed by atoms with Crippen molar-refractivity contribution in [2.45, 2.75) is 26.8 Å². The van der Waals surface area contributed by atoms with Crippen molar-refractivity contribution in [2.24, 2.45) is 4.99 Å². The lowest BCUT2D eigenvalue weighted by molar-refractivity contribution is -0.402. The minimum Gasteiger partial charge on any atom is -0.493 e. The molecular weight excluding hydrogens is 490 g/mol. The summed E-state index contributed by atoms with van der Waals surface area (Å²) in [5, 5.41) is 11.0. The summed E-state index contributed by atoms with van der Waals surface area (Å²) in [5.74, 6) is -0.0752. The summed E-state index contributed by atoms with van der Waals surface area (Å²) < 4.78 is 23.5. The lowest BCUT2D eigenvalue weighted by Gasteiger charge is -2.26. The fourth-order valence-corrected chi connectivity index (χ4v) is 4.97. The highest BCUT2D eigenvalue weighted by Gasteiger charge is 2.36. The van der Waals surface area contributed by atoms with E-state index in [1.54, 1.807) is 32.0 Å². The first-order chi connectivity index (χ1) is 17.3. The molecule has 0 unspecified atom stereocenters. The van der Waals surface area contributed by atoms with Gasteiger partial charge < -0.3 is 18.6 Å². The molecule has 12 heteroatoms. The van der Waals surface area contributed by atoms with Crippen molar-refractivity contribution < 1.29 is 28.3 Å². The topological polar surface area (TPSA) is 135 Å². The molecule has 0 saturated carbocycles. The van der Waals surface area contributed by atoms with E-state index in [9.17, 15) is 19.7 Å². The quantitative estimate of drug-likeness (QED) is 0.255. The smallest absolute Gasteiger partial charge is 0.433 e. The van der Waals surface area contributed by atoms with Gasteiger partial charge in [-0.15, -0.1) is 0 Å². The fraction of sp³-hybridized carbons (Fsp3) is 0.292. The molecular formula is C24H23N3O8S. The molecule has 1 aliphatic rings. The molecule has 3 aromatic rings. The number of hydrogen-bond donors (Lipinski definition) is 0. The number of allylic oxidation sites excluding steroid dienone is 1. The third-order valence-electron chi connectivity index (χ3n) is 5.40. The van der Waals surface area contributed by atoms with Crippen LogP contribution in [0.3, 0.4) is 0 Å². The second kappa shape index (κ2) is 10.2. The van der Waals surface area contributed by atoms with Crippen LogP contribution in [0.25, 0.3) is 6.08 Å². The Kier molecular flexibility index (Phi) is 7.06. The van der Waals surface area contributed by atoms with Gasteiger partial charge in [0.05, 0.1) is 42.2 Å². The minimum absolute atomic E-state index is 0.139. The van der Waals surface area contributed by atoms with Gasteiger partial charge in [0.15, 0.2) is 16.3 Å². The second-order valence-electron chi connectivity index (χ2n) is 7.55. The lowest BCUT2D eigenvalue weighted by Crippen LogP contribution is -2.40. The molecule has 1 atom stereocenters. The summed E-state index contributed by atoms with van der Waals surface area (Å²) in [4.78, 5) is 41.9. The largest absolute Gasteiger partial charge is 0.493 e. The minimum atomic E-state index is -0.912. The number of hydrogen-bond acceptors (Lipinski definition) is 10. The van der Waals surface area contributed by atoms with Crippen LogP contribution in [0.2, 0.25) is 0 Å². The first-order valence-corrected chi connectivity index (χ1v) is 11.9. The van der Waals surface area contributed by atoms with Crippen molar-refractivity contribution in [1.29, 1.82) is 0 Å². The van der Waals surface area contributed by atoms with Crippen LogP contribution in [0.4, 0.5) is 5.88 Å². The molecule has 0 saturated heterocycles. The molecule has 0 N–H and O–H groups in total. The Hall–Kier alpha value is -4.19. The summed E-state index contributed by atoms with van der Waals surface area (Å²) >= 11 is 1.07. The number of aromatic nitrogens is 1. The second-order valence-corrected chi connectivity index (χ2v) is 8.56. The Morgan fingerprint density at radius 2 is 2.06 bits per heavy atom. The monoisotopic (exact) mass is 513 g/mol. The molecule has 4 rings (SSSR count). The van der Waals surface area contributed by atoms with Crippen LogP contribution in [-0.4, -0.2) is 35.8 Å². The predicted molar refractivity (Wildman–Crippen MR) is 130 cm³/mol. The third kappa shape index (κ3) is 4.42. The number of nitrogens with zero attached hydrogens (tertiary/aromatic N) is 3. The zero-order valence-electron chi connectivity index (χ0n) is 20.0. The van der Waals surface area contributed by atoms with Gasteiger partial charge in [-0.25, -0.2) is 9.79 Å². The van der Waals surface area contributed by atoms with Crippen LogP contribution < -0.4 is 24.4 Å². The number of nitro groups is 1. The van der Waals surface area contributed by atoms with Gasteiger partial charge >= 0.3 is 11.9 Å². The van der Waals surface area contributed by atoms with Gasteiger partial charge in [-0.3, -0.25) is 19.5 Å². The van der Waals surface area contributed by atoms with Crippen LogP contribution in [0.5, 0.6) is 11.5 Å². The van der Waals surface area contributed by atoms with Gasteiger partial charge in [-0.1, -0.05) is 23.5 Å². The predicted octanol–water partition coefficient (Wildman–Crippen LogP) is 2.71. The number of furan rings is 1. The van der Waals surface area contributed by atoms with Crippen molar-refractivity contribution in [3.05, 3.63) is 82.7 Å². The molecule has 0 aliphatic carbocycles. The normalized spacial score (nSPS) is 15.3. The van der Waals surface area contributed by atoms with E-state index in [0.29, 0.717) is 34.2 Å². The number of thiazole rings is 1. The van der Waals surface area contributed by atoms with E-state index in [-0.39, 0.29) is 22.5 Å². The SMILES string of the molecule is CCOC(=O)C1=C(C)N=c2sc(=Cc3ccc([N+](=O)[O-])o3)c(=O)n2[C@@H]1c1cccc(OC)c1OCC. The van der Waals surface area contributed by atoms with Crippen LogP contribution in [0, 0.1) is 10.1 Å². The number of rotatable bonds is 8. The number of carbonyl (C=O) groups is 1. The van der Waals surface area contributed by atoms with Crippen LogP contribution >= 0.6 is 11.3 Å². The van der Waals surface area contributed by atoms with Gasteiger partial charge in [-0.2, -0.15) is 0 Å². The summed E-state index contributed by atoms with van der Waals surface area (Å²) in [6.07, 6.45) is 1.41. The van der Waals surface area contributed by atoms with E-state index in [2.05, 4.69) is 4.99 Å². The maximum atomic E-state index is 13.7. The molecule has 11 nitrogen and oxygen atoms in total. The van der Waals surface area contributed by atoms with E-state index in [1.807, 2.05) is 6.92 Å².